The fourth-order valence-corrected chi connectivity index (χ4v) is 2.06. The molecule has 0 aliphatic rings. The Bertz CT molecular complexity index is 918. The van der Waals surface area contributed by atoms with E-state index in [-0.39, 0.29) is 30.1 Å². The SMILES string of the molecule is C=C(CCNC(=O)c1cnc(C(F)F)cn1)NC(=O)COc1ccc(C(F)(F)F)nc1. The molecule has 0 spiro atoms. The summed E-state index contributed by atoms with van der Waals surface area (Å²) in [6.07, 6.45) is -4.67. The summed E-state index contributed by atoms with van der Waals surface area (Å²) >= 11 is 0. The minimum absolute atomic E-state index is 0.0278. The van der Waals surface area contributed by atoms with E-state index in [0.29, 0.717) is 0 Å². The van der Waals surface area contributed by atoms with Crippen molar-refractivity contribution in [3.8, 4) is 5.75 Å². The number of pyridine rings is 1. The van der Waals surface area contributed by atoms with Gasteiger partial charge in [0, 0.05) is 18.7 Å². The molecule has 0 saturated carbocycles. The molecule has 2 rings (SSSR count). The van der Waals surface area contributed by atoms with Gasteiger partial charge in [-0.1, -0.05) is 6.58 Å². The molecule has 0 radical (unpaired) electrons. The molecule has 2 aromatic heterocycles. The second-order valence-corrected chi connectivity index (χ2v) is 5.95. The Balaban J connectivity index is 1.69. The average Bonchev–Trinajstić information content (AvgIpc) is 2.72. The van der Waals surface area contributed by atoms with Crippen molar-refractivity contribution >= 4 is 11.8 Å². The molecule has 0 unspecified atom stereocenters. The van der Waals surface area contributed by atoms with E-state index in [1.54, 1.807) is 0 Å². The summed E-state index contributed by atoms with van der Waals surface area (Å²) in [5.41, 5.74) is -1.56. The second-order valence-electron chi connectivity index (χ2n) is 5.95. The van der Waals surface area contributed by atoms with Gasteiger partial charge >= 0.3 is 6.18 Å². The zero-order chi connectivity index (χ0) is 23.0. The van der Waals surface area contributed by atoms with E-state index in [2.05, 4.69) is 32.2 Å². The Kier molecular flexibility index (Phi) is 7.94. The maximum absolute atomic E-state index is 12.4. The summed E-state index contributed by atoms with van der Waals surface area (Å²) < 4.78 is 67.2. The third-order valence-corrected chi connectivity index (χ3v) is 3.55. The van der Waals surface area contributed by atoms with Gasteiger partial charge in [0.15, 0.2) is 6.61 Å². The van der Waals surface area contributed by atoms with E-state index >= 15 is 0 Å². The zero-order valence-electron chi connectivity index (χ0n) is 15.7. The Labute approximate surface area is 172 Å². The number of hydrogen-bond acceptors (Lipinski definition) is 6. The Morgan fingerprint density at radius 2 is 1.84 bits per heavy atom. The smallest absolute Gasteiger partial charge is 0.433 e. The number of carbonyl (C=O) groups excluding carboxylic acids is 2. The molecule has 166 valence electrons. The Morgan fingerprint density at radius 3 is 2.39 bits per heavy atom. The van der Waals surface area contributed by atoms with Crippen LogP contribution in [0.4, 0.5) is 22.0 Å². The van der Waals surface area contributed by atoms with Gasteiger partial charge in [-0.2, -0.15) is 13.2 Å². The first-order valence-electron chi connectivity index (χ1n) is 8.58. The predicted molar refractivity (Wildman–Crippen MR) is 96.0 cm³/mol. The van der Waals surface area contributed by atoms with Gasteiger partial charge in [0.2, 0.25) is 0 Å². The number of nitrogens with one attached hydrogen (secondary N) is 2. The lowest BCUT2D eigenvalue weighted by Gasteiger charge is -2.11. The number of hydrogen-bond donors (Lipinski definition) is 2. The van der Waals surface area contributed by atoms with Crippen LogP contribution in [0, 0.1) is 0 Å². The van der Waals surface area contributed by atoms with Crippen molar-refractivity contribution in [1.82, 2.24) is 25.6 Å². The van der Waals surface area contributed by atoms with Gasteiger partial charge in [0.05, 0.1) is 18.6 Å². The molecule has 13 heteroatoms. The summed E-state index contributed by atoms with van der Waals surface area (Å²) in [7, 11) is 0. The van der Waals surface area contributed by atoms with Crippen molar-refractivity contribution < 1.29 is 36.3 Å². The minimum atomic E-state index is -4.58. The van der Waals surface area contributed by atoms with E-state index in [4.69, 9.17) is 4.74 Å². The van der Waals surface area contributed by atoms with Gasteiger partial charge in [-0.25, -0.2) is 18.7 Å². The fourth-order valence-electron chi connectivity index (χ4n) is 2.06. The number of rotatable bonds is 9. The maximum Gasteiger partial charge on any atom is 0.433 e. The third-order valence-electron chi connectivity index (χ3n) is 3.55. The van der Waals surface area contributed by atoms with Gasteiger partial charge in [0.25, 0.3) is 18.2 Å². The summed E-state index contributed by atoms with van der Waals surface area (Å²) in [6.45, 7) is 3.16. The van der Waals surface area contributed by atoms with Crippen LogP contribution in [0.3, 0.4) is 0 Å². The summed E-state index contributed by atoms with van der Waals surface area (Å²) in [4.78, 5) is 33.9. The van der Waals surface area contributed by atoms with Gasteiger partial charge < -0.3 is 15.4 Å². The summed E-state index contributed by atoms with van der Waals surface area (Å²) in [6, 6.07) is 1.75. The molecule has 0 aliphatic heterocycles. The second kappa shape index (κ2) is 10.4. The highest BCUT2D eigenvalue weighted by atomic mass is 19.4. The molecule has 2 amide bonds. The highest BCUT2D eigenvalue weighted by Gasteiger charge is 2.32. The van der Waals surface area contributed by atoms with Crippen molar-refractivity contribution in [1.29, 1.82) is 0 Å². The van der Waals surface area contributed by atoms with Crippen LogP contribution in [0.1, 0.15) is 34.7 Å². The van der Waals surface area contributed by atoms with Crippen LogP contribution >= 0.6 is 0 Å². The standard InChI is InChI=1S/C18H16F5N5O3/c1-10(4-5-24-17(30)13-8-25-12(7-26-13)16(19)20)28-15(29)9-31-11-2-3-14(27-6-11)18(21,22)23/h2-3,6-8,16H,1,4-5,9H2,(H,24,30)(H,28,29). The van der Waals surface area contributed by atoms with Crippen LogP contribution < -0.4 is 15.4 Å². The van der Waals surface area contributed by atoms with E-state index < -0.39 is 42.4 Å². The molecular formula is C18H16F5N5O3. The first kappa shape index (κ1) is 23.6. The number of amides is 2. The number of carbonyl (C=O) groups is 2. The van der Waals surface area contributed by atoms with Crippen LogP contribution in [0.15, 0.2) is 43.0 Å². The zero-order valence-corrected chi connectivity index (χ0v) is 15.7. The minimum Gasteiger partial charge on any atom is -0.482 e. The Hall–Kier alpha value is -3.64. The normalized spacial score (nSPS) is 11.2. The van der Waals surface area contributed by atoms with Crippen molar-refractivity contribution in [2.75, 3.05) is 13.2 Å². The van der Waals surface area contributed by atoms with Gasteiger partial charge in [-0.3, -0.25) is 14.6 Å². The van der Waals surface area contributed by atoms with Crippen molar-refractivity contribution in [3.63, 3.8) is 0 Å². The number of aromatic nitrogens is 3. The molecule has 2 N–H and O–H groups in total. The molecule has 0 aromatic carbocycles. The largest absolute Gasteiger partial charge is 0.482 e. The molecule has 0 fully saturated rings. The van der Waals surface area contributed by atoms with Crippen LogP contribution in [0.25, 0.3) is 0 Å². The van der Waals surface area contributed by atoms with Gasteiger partial charge in [0.1, 0.15) is 22.8 Å². The summed E-state index contributed by atoms with van der Waals surface area (Å²) in [5, 5.41) is 4.85. The maximum atomic E-state index is 12.4. The first-order valence-corrected chi connectivity index (χ1v) is 8.58. The highest BCUT2D eigenvalue weighted by molar-refractivity contribution is 5.91. The molecule has 0 aliphatic carbocycles. The molecule has 31 heavy (non-hydrogen) atoms. The first-order chi connectivity index (χ1) is 14.6. The Morgan fingerprint density at radius 1 is 1.10 bits per heavy atom. The third kappa shape index (κ3) is 7.60. The molecule has 2 aromatic rings. The van der Waals surface area contributed by atoms with E-state index in [0.717, 1.165) is 30.7 Å². The molecular weight excluding hydrogens is 429 g/mol. The van der Waals surface area contributed by atoms with Crippen molar-refractivity contribution in [2.24, 2.45) is 0 Å². The highest BCUT2D eigenvalue weighted by Crippen LogP contribution is 2.28. The molecule has 0 saturated heterocycles. The summed E-state index contributed by atoms with van der Waals surface area (Å²) in [5.74, 6) is -1.30. The fraction of sp³-hybridized carbons (Fsp3) is 0.278. The lowest BCUT2D eigenvalue weighted by Crippen LogP contribution is -2.31. The molecule has 0 atom stereocenters. The number of nitrogens with zero attached hydrogens (tertiary/aromatic N) is 3. The van der Waals surface area contributed by atoms with Crippen LogP contribution in [0.5, 0.6) is 5.75 Å². The van der Waals surface area contributed by atoms with E-state index in [9.17, 15) is 31.5 Å². The van der Waals surface area contributed by atoms with Crippen LogP contribution in [-0.2, 0) is 11.0 Å². The average molecular weight is 445 g/mol. The van der Waals surface area contributed by atoms with Crippen molar-refractivity contribution in [3.05, 3.63) is 60.1 Å². The quantitative estimate of drug-likeness (QED) is 0.575. The van der Waals surface area contributed by atoms with Gasteiger partial charge in [-0.15, -0.1) is 0 Å². The van der Waals surface area contributed by atoms with E-state index in [1.165, 1.54) is 0 Å². The molecule has 0 bridgehead atoms. The molecule has 2 heterocycles. The van der Waals surface area contributed by atoms with Gasteiger partial charge in [-0.05, 0) is 12.1 Å². The lowest BCUT2D eigenvalue weighted by molar-refractivity contribution is -0.141. The van der Waals surface area contributed by atoms with Crippen molar-refractivity contribution in [2.45, 2.75) is 19.0 Å². The number of alkyl halides is 5. The van der Waals surface area contributed by atoms with Crippen LogP contribution in [-0.4, -0.2) is 39.9 Å². The molecule has 8 nitrogen and oxygen atoms in total. The number of ether oxygens (including phenoxy) is 1. The monoisotopic (exact) mass is 445 g/mol. The van der Waals surface area contributed by atoms with Crippen LogP contribution in [0.2, 0.25) is 0 Å². The lowest BCUT2D eigenvalue weighted by atomic mass is 10.3. The predicted octanol–water partition coefficient (Wildman–Crippen LogP) is 2.66. The topological polar surface area (TPSA) is 106 Å². The van der Waals surface area contributed by atoms with E-state index in [1.807, 2.05) is 0 Å². The number of halogens is 5.